The van der Waals surface area contributed by atoms with Crippen LogP contribution < -0.4 is 5.73 Å². The van der Waals surface area contributed by atoms with Crippen molar-refractivity contribution in [3.63, 3.8) is 0 Å². The molecule has 2 heterocycles. The summed E-state index contributed by atoms with van der Waals surface area (Å²) < 4.78 is 0. The van der Waals surface area contributed by atoms with E-state index in [9.17, 15) is 0 Å². The number of rotatable bonds is 3. The summed E-state index contributed by atoms with van der Waals surface area (Å²) in [6.07, 6.45) is 3.21. The standard InChI is InChI=1S/C10H13ClN6/c1-16(2)6-8-5-14-17(15-8)10-9(11)3-7(12)4-13-10/h3-5H,6,12H2,1-2H3. The topological polar surface area (TPSA) is 72.9 Å². The Morgan fingerprint density at radius 2 is 2.18 bits per heavy atom. The minimum absolute atomic E-state index is 0.428. The van der Waals surface area contributed by atoms with E-state index >= 15 is 0 Å². The summed E-state index contributed by atoms with van der Waals surface area (Å²) in [5.74, 6) is 0.478. The van der Waals surface area contributed by atoms with Gasteiger partial charge in [-0.1, -0.05) is 11.6 Å². The summed E-state index contributed by atoms with van der Waals surface area (Å²) in [6, 6.07) is 1.62. The quantitative estimate of drug-likeness (QED) is 0.881. The number of halogens is 1. The van der Waals surface area contributed by atoms with E-state index in [0.29, 0.717) is 23.1 Å². The van der Waals surface area contributed by atoms with E-state index in [4.69, 9.17) is 17.3 Å². The molecule has 0 unspecified atom stereocenters. The van der Waals surface area contributed by atoms with Crippen LogP contribution in [0.4, 0.5) is 5.69 Å². The Balaban J connectivity index is 2.30. The van der Waals surface area contributed by atoms with Gasteiger partial charge in [0, 0.05) is 6.54 Å². The van der Waals surface area contributed by atoms with Crippen LogP contribution in [0.3, 0.4) is 0 Å². The predicted octanol–water partition coefficient (Wildman–Crippen LogP) is 0.959. The first kappa shape index (κ1) is 11.8. The Hall–Kier alpha value is -1.66. The number of pyridine rings is 1. The Bertz CT molecular complexity index is 521. The first-order chi connectivity index (χ1) is 8.06. The molecule has 0 amide bonds. The maximum Gasteiger partial charge on any atom is 0.193 e. The summed E-state index contributed by atoms with van der Waals surface area (Å²) in [4.78, 5) is 7.52. The highest BCUT2D eigenvalue weighted by atomic mass is 35.5. The average Bonchev–Trinajstić information content (AvgIpc) is 2.65. The molecule has 17 heavy (non-hydrogen) atoms. The molecule has 0 saturated heterocycles. The second-order valence-electron chi connectivity index (χ2n) is 3.94. The molecule has 2 aromatic heterocycles. The van der Waals surface area contributed by atoms with E-state index in [1.54, 1.807) is 12.3 Å². The number of nitrogens with zero attached hydrogens (tertiary/aromatic N) is 5. The minimum atomic E-state index is 0.428. The minimum Gasteiger partial charge on any atom is -0.397 e. The highest BCUT2D eigenvalue weighted by Gasteiger charge is 2.09. The molecule has 0 bridgehead atoms. The molecule has 0 saturated carbocycles. The van der Waals surface area contributed by atoms with Gasteiger partial charge in [-0.05, 0) is 20.2 Å². The molecule has 0 spiro atoms. The zero-order valence-corrected chi connectivity index (χ0v) is 10.4. The molecule has 0 aliphatic carbocycles. The molecular weight excluding hydrogens is 240 g/mol. The monoisotopic (exact) mass is 252 g/mol. The Morgan fingerprint density at radius 3 is 2.82 bits per heavy atom. The Kier molecular flexibility index (Phi) is 3.26. The van der Waals surface area contributed by atoms with E-state index < -0.39 is 0 Å². The second-order valence-corrected chi connectivity index (χ2v) is 4.34. The van der Waals surface area contributed by atoms with Gasteiger partial charge in [-0.3, -0.25) is 0 Å². The summed E-state index contributed by atoms with van der Waals surface area (Å²) in [5, 5.41) is 8.84. The van der Waals surface area contributed by atoms with Gasteiger partial charge < -0.3 is 10.6 Å². The fourth-order valence-corrected chi connectivity index (χ4v) is 1.64. The highest BCUT2D eigenvalue weighted by Crippen LogP contribution is 2.18. The van der Waals surface area contributed by atoms with E-state index in [0.717, 1.165) is 5.69 Å². The zero-order chi connectivity index (χ0) is 12.4. The Morgan fingerprint density at radius 1 is 1.41 bits per heavy atom. The molecule has 90 valence electrons. The van der Waals surface area contributed by atoms with Gasteiger partial charge in [0.2, 0.25) is 0 Å². The van der Waals surface area contributed by atoms with Gasteiger partial charge in [-0.25, -0.2) is 4.98 Å². The van der Waals surface area contributed by atoms with Crippen molar-refractivity contribution in [2.24, 2.45) is 0 Å². The molecule has 7 heteroatoms. The van der Waals surface area contributed by atoms with Gasteiger partial charge in [-0.2, -0.15) is 10.2 Å². The van der Waals surface area contributed by atoms with Crippen molar-refractivity contribution < 1.29 is 0 Å². The fraction of sp³-hybridized carbons (Fsp3) is 0.300. The molecule has 2 aromatic rings. The lowest BCUT2D eigenvalue weighted by molar-refractivity contribution is 0.395. The van der Waals surface area contributed by atoms with Crippen LogP contribution >= 0.6 is 11.6 Å². The number of anilines is 1. The van der Waals surface area contributed by atoms with Crippen LogP contribution in [0.25, 0.3) is 5.82 Å². The fourth-order valence-electron chi connectivity index (χ4n) is 1.39. The number of nitrogens with two attached hydrogens (primary N) is 1. The molecule has 0 aliphatic rings. The lowest BCUT2D eigenvalue weighted by Gasteiger charge is -2.05. The number of aromatic nitrogens is 4. The van der Waals surface area contributed by atoms with Crippen molar-refractivity contribution in [2.45, 2.75) is 6.54 Å². The largest absolute Gasteiger partial charge is 0.397 e. The van der Waals surface area contributed by atoms with Gasteiger partial charge >= 0.3 is 0 Å². The molecule has 6 nitrogen and oxygen atoms in total. The molecule has 2 rings (SSSR count). The number of hydrogen-bond donors (Lipinski definition) is 1. The summed E-state index contributed by atoms with van der Waals surface area (Å²) in [6.45, 7) is 0.715. The van der Waals surface area contributed by atoms with E-state index in [-0.39, 0.29) is 0 Å². The van der Waals surface area contributed by atoms with Gasteiger partial charge in [-0.15, -0.1) is 4.80 Å². The van der Waals surface area contributed by atoms with Crippen LogP contribution in [0.15, 0.2) is 18.5 Å². The van der Waals surface area contributed by atoms with Gasteiger partial charge in [0.05, 0.1) is 28.8 Å². The summed E-state index contributed by atoms with van der Waals surface area (Å²) >= 11 is 6.03. The first-order valence-corrected chi connectivity index (χ1v) is 5.41. The summed E-state index contributed by atoms with van der Waals surface area (Å²) in [5.41, 5.74) is 6.94. The molecule has 0 fully saturated rings. The third kappa shape index (κ3) is 2.72. The molecule has 2 N–H and O–H groups in total. The van der Waals surface area contributed by atoms with Gasteiger partial charge in [0.15, 0.2) is 5.82 Å². The van der Waals surface area contributed by atoms with Crippen molar-refractivity contribution >= 4 is 17.3 Å². The van der Waals surface area contributed by atoms with E-state index in [1.165, 1.54) is 11.0 Å². The third-order valence-corrected chi connectivity index (χ3v) is 2.33. The van der Waals surface area contributed by atoms with Crippen molar-refractivity contribution in [3.05, 3.63) is 29.2 Å². The average molecular weight is 253 g/mol. The van der Waals surface area contributed by atoms with Crippen LogP contribution in [0, 0.1) is 0 Å². The van der Waals surface area contributed by atoms with E-state index in [1.807, 2.05) is 19.0 Å². The molecule has 0 aliphatic heterocycles. The predicted molar refractivity (Wildman–Crippen MR) is 66.0 cm³/mol. The van der Waals surface area contributed by atoms with Crippen molar-refractivity contribution in [1.29, 1.82) is 0 Å². The van der Waals surface area contributed by atoms with Crippen molar-refractivity contribution in [3.8, 4) is 5.82 Å². The first-order valence-electron chi connectivity index (χ1n) is 5.03. The van der Waals surface area contributed by atoms with Crippen molar-refractivity contribution in [2.75, 3.05) is 19.8 Å². The van der Waals surface area contributed by atoms with Crippen LogP contribution in [-0.2, 0) is 6.54 Å². The van der Waals surface area contributed by atoms with E-state index in [2.05, 4.69) is 15.2 Å². The molecular formula is C10H13ClN6. The number of hydrogen-bond acceptors (Lipinski definition) is 5. The van der Waals surface area contributed by atoms with Gasteiger partial charge in [0.25, 0.3) is 0 Å². The highest BCUT2D eigenvalue weighted by molar-refractivity contribution is 6.32. The maximum absolute atomic E-state index is 6.03. The summed E-state index contributed by atoms with van der Waals surface area (Å²) in [7, 11) is 3.93. The maximum atomic E-state index is 6.03. The zero-order valence-electron chi connectivity index (χ0n) is 9.63. The van der Waals surface area contributed by atoms with Crippen LogP contribution in [0.5, 0.6) is 0 Å². The van der Waals surface area contributed by atoms with Crippen LogP contribution in [0.1, 0.15) is 5.69 Å². The smallest absolute Gasteiger partial charge is 0.193 e. The van der Waals surface area contributed by atoms with Crippen LogP contribution in [0.2, 0.25) is 5.02 Å². The normalized spacial score (nSPS) is 11.1. The molecule has 0 atom stereocenters. The lowest BCUT2D eigenvalue weighted by atomic mass is 10.4. The number of nitrogen functional groups attached to an aromatic ring is 1. The molecule has 0 radical (unpaired) electrons. The van der Waals surface area contributed by atoms with Crippen molar-refractivity contribution in [1.82, 2.24) is 24.9 Å². The SMILES string of the molecule is CN(C)Cc1cnn(-c2ncc(N)cc2Cl)n1. The third-order valence-electron chi connectivity index (χ3n) is 2.05. The van der Waals surface area contributed by atoms with Gasteiger partial charge in [0.1, 0.15) is 0 Å². The Labute approximate surface area is 104 Å². The van der Waals surface area contributed by atoms with Crippen LogP contribution in [-0.4, -0.2) is 39.0 Å². The second kappa shape index (κ2) is 4.68. The lowest BCUT2D eigenvalue weighted by Crippen LogP contribution is -2.11. The molecule has 0 aromatic carbocycles.